The van der Waals surface area contributed by atoms with Gasteiger partial charge in [0, 0.05) is 34.6 Å². The molecule has 1 atom stereocenters. The summed E-state index contributed by atoms with van der Waals surface area (Å²) in [6.45, 7) is 1.89. The molecule has 4 aromatic rings. The van der Waals surface area contributed by atoms with Crippen molar-refractivity contribution < 1.29 is 5.11 Å². The molecule has 1 aromatic carbocycles. The molecule has 0 saturated carbocycles. The van der Waals surface area contributed by atoms with Gasteiger partial charge in [-0.1, -0.05) is 30.0 Å². The third kappa shape index (κ3) is 3.15. The molecule has 0 radical (unpaired) electrons. The van der Waals surface area contributed by atoms with Gasteiger partial charge in [-0.25, -0.2) is 15.0 Å². The third-order valence-corrected chi connectivity index (χ3v) is 5.29. The molecule has 5 rings (SSSR count). The van der Waals surface area contributed by atoms with Gasteiger partial charge in [-0.15, -0.1) is 0 Å². The van der Waals surface area contributed by atoms with E-state index in [9.17, 15) is 5.11 Å². The highest BCUT2D eigenvalue weighted by Crippen LogP contribution is 2.34. The van der Waals surface area contributed by atoms with Gasteiger partial charge >= 0.3 is 0 Å². The average molecular weight is 393 g/mol. The van der Waals surface area contributed by atoms with E-state index in [1.807, 2.05) is 49.4 Å². The number of anilines is 1. The average Bonchev–Trinajstić information content (AvgIpc) is 3.10. The van der Waals surface area contributed by atoms with Gasteiger partial charge in [0.15, 0.2) is 11.4 Å². The number of nitrogen functional groups attached to an aromatic ring is 1. The summed E-state index contributed by atoms with van der Waals surface area (Å²) in [5.41, 5.74) is 9.58. The standard InChI is InChI=1S/C24H19N5O/c1-15-12-19-14-27-23(29-20(19)22(25)28-15)18-5-2-4-16(13-18)7-9-24(30)10-8-17-6-3-11-26-21(17)24/h2-6,11-14,30H,8,10H2,1H3,(H2,25,28). The Balaban J connectivity index is 1.51. The Bertz CT molecular complexity index is 1350. The maximum absolute atomic E-state index is 11.0. The zero-order valence-electron chi connectivity index (χ0n) is 16.4. The number of pyridine rings is 2. The SMILES string of the molecule is Cc1cc2cnc(-c3cccc(C#CC4(O)CCc5cccnc54)c3)nc2c(N)n1. The van der Waals surface area contributed by atoms with Crippen molar-refractivity contribution in [1.82, 2.24) is 19.9 Å². The van der Waals surface area contributed by atoms with Crippen LogP contribution in [-0.2, 0) is 12.0 Å². The summed E-state index contributed by atoms with van der Waals surface area (Å²) in [4.78, 5) is 17.7. The summed E-state index contributed by atoms with van der Waals surface area (Å²) < 4.78 is 0. The van der Waals surface area contributed by atoms with Gasteiger partial charge in [0.05, 0.1) is 5.69 Å². The quantitative estimate of drug-likeness (QED) is 0.482. The molecule has 0 amide bonds. The number of aryl methyl sites for hydroxylation is 2. The zero-order chi connectivity index (χ0) is 20.7. The van der Waals surface area contributed by atoms with E-state index in [2.05, 4.69) is 31.8 Å². The predicted molar refractivity (Wildman–Crippen MR) is 115 cm³/mol. The fourth-order valence-electron chi connectivity index (χ4n) is 3.82. The molecule has 30 heavy (non-hydrogen) atoms. The lowest BCUT2D eigenvalue weighted by molar-refractivity contribution is 0.0982. The molecular weight excluding hydrogens is 374 g/mol. The second kappa shape index (κ2) is 6.90. The van der Waals surface area contributed by atoms with Gasteiger partial charge in [0.2, 0.25) is 0 Å². The van der Waals surface area contributed by atoms with Crippen LogP contribution >= 0.6 is 0 Å². The van der Waals surface area contributed by atoms with E-state index in [1.165, 1.54) is 0 Å². The summed E-state index contributed by atoms with van der Waals surface area (Å²) in [5.74, 6) is 7.07. The molecule has 1 aliphatic rings. The number of nitrogens with two attached hydrogens (primary N) is 1. The zero-order valence-corrected chi connectivity index (χ0v) is 16.4. The van der Waals surface area contributed by atoms with Crippen molar-refractivity contribution >= 4 is 16.7 Å². The van der Waals surface area contributed by atoms with E-state index in [0.29, 0.717) is 29.3 Å². The van der Waals surface area contributed by atoms with Gasteiger partial charge < -0.3 is 10.8 Å². The van der Waals surface area contributed by atoms with Crippen LogP contribution in [0, 0.1) is 18.8 Å². The molecule has 0 spiro atoms. The minimum Gasteiger partial charge on any atom is -0.382 e. The molecule has 1 unspecified atom stereocenters. The highest BCUT2D eigenvalue weighted by molar-refractivity contribution is 5.88. The Morgan fingerprint density at radius 3 is 2.90 bits per heavy atom. The van der Waals surface area contributed by atoms with Crippen LogP contribution in [-0.4, -0.2) is 25.0 Å². The Morgan fingerprint density at radius 2 is 2.00 bits per heavy atom. The highest BCUT2D eigenvalue weighted by atomic mass is 16.3. The van der Waals surface area contributed by atoms with E-state index in [0.717, 1.165) is 34.2 Å². The lowest BCUT2D eigenvalue weighted by Gasteiger charge is -2.15. The van der Waals surface area contributed by atoms with Gasteiger partial charge in [0.1, 0.15) is 11.3 Å². The van der Waals surface area contributed by atoms with Crippen molar-refractivity contribution in [3.05, 3.63) is 77.4 Å². The van der Waals surface area contributed by atoms with E-state index >= 15 is 0 Å². The lowest BCUT2D eigenvalue weighted by Crippen LogP contribution is -2.20. The van der Waals surface area contributed by atoms with Crippen LogP contribution in [0.15, 0.2) is 54.9 Å². The van der Waals surface area contributed by atoms with Crippen LogP contribution in [0.4, 0.5) is 5.82 Å². The Hall–Kier alpha value is -3.82. The minimum atomic E-state index is -1.22. The normalized spacial score (nSPS) is 17.4. The molecule has 146 valence electrons. The van der Waals surface area contributed by atoms with Crippen molar-refractivity contribution in [2.45, 2.75) is 25.4 Å². The van der Waals surface area contributed by atoms with Crippen molar-refractivity contribution in [1.29, 1.82) is 0 Å². The van der Waals surface area contributed by atoms with Crippen LogP contribution in [0.3, 0.4) is 0 Å². The molecule has 3 aromatic heterocycles. The first-order chi connectivity index (χ1) is 14.5. The largest absolute Gasteiger partial charge is 0.382 e. The first-order valence-corrected chi connectivity index (χ1v) is 9.72. The first-order valence-electron chi connectivity index (χ1n) is 9.72. The number of aromatic nitrogens is 4. The number of hydrogen-bond donors (Lipinski definition) is 2. The molecule has 3 N–H and O–H groups in total. The summed E-state index contributed by atoms with van der Waals surface area (Å²) in [5, 5.41) is 11.8. The van der Waals surface area contributed by atoms with Crippen molar-refractivity contribution in [3.63, 3.8) is 0 Å². The minimum absolute atomic E-state index is 0.388. The van der Waals surface area contributed by atoms with Gasteiger partial charge in [0.25, 0.3) is 0 Å². The van der Waals surface area contributed by atoms with Crippen LogP contribution in [0.2, 0.25) is 0 Å². The van der Waals surface area contributed by atoms with Crippen molar-refractivity contribution in [3.8, 4) is 23.2 Å². The molecule has 0 aliphatic heterocycles. The van der Waals surface area contributed by atoms with Crippen molar-refractivity contribution in [2.75, 3.05) is 5.73 Å². The summed E-state index contributed by atoms with van der Waals surface area (Å²) in [6.07, 6.45) is 4.77. The van der Waals surface area contributed by atoms with Crippen LogP contribution in [0.5, 0.6) is 0 Å². The van der Waals surface area contributed by atoms with Crippen LogP contribution in [0.1, 0.15) is 28.9 Å². The molecule has 0 fully saturated rings. The topological polar surface area (TPSA) is 97.8 Å². The van der Waals surface area contributed by atoms with E-state index in [1.54, 1.807) is 12.4 Å². The molecule has 1 aliphatic carbocycles. The second-order valence-corrected chi connectivity index (χ2v) is 7.48. The van der Waals surface area contributed by atoms with E-state index in [4.69, 9.17) is 5.73 Å². The lowest BCUT2D eigenvalue weighted by atomic mass is 10.0. The Labute approximate surface area is 173 Å². The smallest absolute Gasteiger partial charge is 0.168 e. The summed E-state index contributed by atoms with van der Waals surface area (Å²) in [6, 6.07) is 13.4. The fourth-order valence-corrected chi connectivity index (χ4v) is 3.82. The maximum Gasteiger partial charge on any atom is 0.168 e. The number of fused-ring (bicyclic) bond motifs is 2. The van der Waals surface area contributed by atoms with E-state index in [-0.39, 0.29) is 0 Å². The first kappa shape index (κ1) is 18.2. The number of rotatable bonds is 1. The fraction of sp³-hybridized carbons (Fsp3) is 0.167. The molecule has 3 heterocycles. The number of nitrogens with zero attached hydrogens (tertiary/aromatic N) is 4. The monoisotopic (exact) mass is 393 g/mol. The molecule has 0 bridgehead atoms. The molecule has 6 nitrogen and oxygen atoms in total. The number of aliphatic hydroxyl groups is 1. The predicted octanol–water partition coefficient (Wildman–Crippen LogP) is 3.16. The Morgan fingerprint density at radius 1 is 1.10 bits per heavy atom. The van der Waals surface area contributed by atoms with E-state index < -0.39 is 5.60 Å². The molecular formula is C24H19N5O. The van der Waals surface area contributed by atoms with Crippen LogP contribution in [0.25, 0.3) is 22.3 Å². The van der Waals surface area contributed by atoms with Crippen molar-refractivity contribution in [2.24, 2.45) is 0 Å². The van der Waals surface area contributed by atoms with Crippen LogP contribution < -0.4 is 5.73 Å². The third-order valence-electron chi connectivity index (χ3n) is 5.29. The van der Waals surface area contributed by atoms with Gasteiger partial charge in [-0.3, -0.25) is 4.98 Å². The summed E-state index contributed by atoms with van der Waals surface area (Å²) >= 11 is 0. The number of hydrogen-bond acceptors (Lipinski definition) is 6. The second-order valence-electron chi connectivity index (χ2n) is 7.48. The Kier molecular flexibility index (Phi) is 4.19. The highest BCUT2D eigenvalue weighted by Gasteiger charge is 2.36. The van der Waals surface area contributed by atoms with Gasteiger partial charge in [-0.2, -0.15) is 0 Å². The molecule has 0 saturated heterocycles. The maximum atomic E-state index is 11.0. The summed E-state index contributed by atoms with van der Waals surface area (Å²) in [7, 11) is 0. The van der Waals surface area contributed by atoms with Gasteiger partial charge in [-0.05, 0) is 49.6 Å². The number of benzene rings is 1. The molecule has 6 heteroatoms.